The van der Waals surface area contributed by atoms with Gasteiger partial charge in [-0.1, -0.05) is 38.1 Å². The number of fused-ring (bicyclic) bond motifs is 2. The number of benzene rings is 3. The van der Waals surface area contributed by atoms with Gasteiger partial charge in [0.25, 0.3) is 10.0 Å². The van der Waals surface area contributed by atoms with Crippen LogP contribution in [0.5, 0.6) is 11.5 Å². The monoisotopic (exact) mass is 503 g/mol. The van der Waals surface area contributed by atoms with Crippen LogP contribution in [0, 0.1) is 5.92 Å². The zero-order valence-electron chi connectivity index (χ0n) is 18.8. The van der Waals surface area contributed by atoms with E-state index in [1.54, 1.807) is 24.3 Å². The number of nitrogens with zero attached hydrogens (tertiary/aromatic N) is 1. The fraction of sp³-hybridized carbons (Fsp3) is 0.261. The average molecular weight is 504 g/mol. The van der Waals surface area contributed by atoms with E-state index in [0.29, 0.717) is 28.7 Å². The highest BCUT2D eigenvalue weighted by atomic mass is 32.2. The molecule has 11 heteroatoms. The van der Waals surface area contributed by atoms with Crippen molar-refractivity contribution < 1.29 is 27.0 Å². The van der Waals surface area contributed by atoms with Crippen molar-refractivity contribution in [2.45, 2.75) is 31.6 Å². The number of nitrogens with one attached hydrogen (secondary N) is 2. The van der Waals surface area contributed by atoms with Gasteiger partial charge in [0.15, 0.2) is 5.84 Å². The molecule has 0 bridgehead atoms. The van der Waals surface area contributed by atoms with Crippen LogP contribution in [-0.4, -0.2) is 39.1 Å². The second kappa shape index (κ2) is 8.48. The first-order valence-electron chi connectivity index (χ1n) is 10.6. The third-order valence-corrected chi connectivity index (χ3v) is 7.43. The second-order valence-electron chi connectivity index (χ2n) is 8.65. The van der Waals surface area contributed by atoms with Gasteiger partial charge in [0.2, 0.25) is 10.0 Å². The highest BCUT2D eigenvalue weighted by Crippen LogP contribution is 2.42. The lowest BCUT2D eigenvalue weighted by molar-refractivity contribution is 0.446. The summed E-state index contributed by atoms with van der Waals surface area (Å²) in [5.41, 5.74) is 0.694. The summed E-state index contributed by atoms with van der Waals surface area (Å²) in [4.78, 5) is -0.232. The molecule has 0 saturated heterocycles. The lowest BCUT2D eigenvalue weighted by Gasteiger charge is -2.22. The van der Waals surface area contributed by atoms with Crippen LogP contribution >= 0.6 is 0 Å². The molecular weight excluding hydrogens is 478 g/mol. The van der Waals surface area contributed by atoms with Crippen molar-refractivity contribution in [1.82, 2.24) is 0 Å². The van der Waals surface area contributed by atoms with Crippen LogP contribution < -0.4 is 10.0 Å². The van der Waals surface area contributed by atoms with Gasteiger partial charge in [0.05, 0.1) is 11.9 Å². The molecule has 3 aromatic rings. The third-order valence-electron chi connectivity index (χ3n) is 5.50. The average Bonchev–Trinajstić information content (AvgIpc) is 2.72. The maximum atomic E-state index is 13.0. The molecule has 180 valence electrons. The molecule has 0 fully saturated rings. The maximum absolute atomic E-state index is 13.0. The summed E-state index contributed by atoms with van der Waals surface area (Å²) in [6.07, 6.45) is 2.25. The lowest BCUT2D eigenvalue weighted by atomic mass is 9.92. The molecule has 0 radical (unpaired) electrons. The van der Waals surface area contributed by atoms with E-state index in [9.17, 15) is 27.0 Å². The molecular formula is C23H25N3O6S2. The number of rotatable bonds is 6. The number of amidine groups is 1. The minimum absolute atomic E-state index is 0.0673. The highest BCUT2D eigenvalue weighted by Gasteiger charge is 2.31. The molecule has 0 unspecified atom stereocenters. The van der Waals surface area contributed by atoms with Crippen molar-refractivity contribution in [1.29, 1.82) is 0 Å². The van der Waals surface area contributed by atoms with Gasteiger partial charge in [-0.3, -0.25) is 4.72 Å². The van der Waals surface area contributed by atoms with E-state index in [1.807, 2.05) is 0 Å². The summed E-state index contributed by atoms with van der Waals surface area (Å²) < 4.78 is 55.1. The van der Waals surface area contributed by atoms with E-state index in [1.165, 1.54) is 12.1 Å². The van der Waals surface area contributed by atoms with Crippen molar-refractivity contribution >= 4 is 48.0 Å². The Balaban J connectivity index is 1.88. The summed E-state index contributed by atoms with van der Waals surface area (Å²) in [6, 6.07) is 11.0. The standard InChI is InChI=1S/C23H25N3O6S2/c1-13(2)8-10-17-15-6-4-5-7-16(15)21(27)20(22(17)28)23-24-18-11-9-14(25-33(3,29)30)12-19(18)34(31,32)26-23/h4-7,9,11-13,25,27-28H,8,10H2,1-3H3,(H,24,26). The Morgan fingerprint density at radius 1 is 1.06 bits per heavy atom. The number of hydrogen-bond acceptors (Lipinski definition) is 7. The fourth-order valence-corrected chi connectivity index (χ4v) is 5.64. The molecule has 4 rings (SSSR count). The van der Waals surface area contributed by atoms with Crippen molar-refractivity contribution in [3.63, 3.8) is 0 Å². The fourth-order valence-electron chi connectivity index (χ4n) is 3.93. The van der Waals surface area contributed by atoms with E-state index in [-0.39, 0.29) is 39.2 Å². The molecule has 0 amide bonds. The Morgan fingerprint density at radius 3 is 2.38 bits per heavy atom. The van der Waals surface area contributed by atoms with Crippen molar-refractivity contribution in [3.05, 3.63) is 53.6 Å². The molecule has 1 heterocycles. The Kier molecular flexibility index (Phi) is 5.94. The summed E-state index contributed by atoms with van der Waals surface area (Å²) in [6.45, 7) is 4.12. The number of anilines is 2. The summed E-state index contributed by atoms with van der Waals surface area (Å²) >= 11 is 0. The van der Waals surface area contributed by atoms with Gasteiger partial charge in [-0.2, -0.15) is 8.42 Å². The minimum Gasteiger partial charge on any atom is -0.507 e. The maximum Gasteiger partial charge on any atom is 0.286 e. The van der Waals surface area contributed by atoms with Gasteiger partial charge in [-0.05, 0) is 42.3 Å². The van der Waals surface area contributed by atoms with Crippen molar-refractivity contribution in [2.75, 3.05) is 16.3 Å². The Morgan fingerprint density at radius 2 is 1.74 bits per heavy atom. The van der Waals surface area contributed by atoms with E-state index in [4.69, 9.17) is 0 Å². The van der Waals surface area contributed by atoms with Gasteiger partial charge in [-0.15, -0.1) is 4.40 Å². The normalized spacial score (nSPS) is 15.0. The Hall–Kier alpha value is -3.31. The summed E-state index contributed by atoms with van der Waals surface area (Å²) in [7, 11) is -7.88. The smallest absolute Gasteiger partial charge is 0.286 e. The summed E-state index contributed by atoms with van der Waals surface area (Å²) in [5.74, 6) is -0.385. The number of aryl methyl sites for hydroxylation is 1. The Bertz CT molecular complexity index is 1540. The molecule has 1 aliphatic rings. The quantitative estimate of drug-likeness (QED) is 0.401. The molecule has 34 heavy (non-hydrogen) atoms. The molecule has 9 nitrogen and oxygen atoms in total. The van der Waals surface area contributed by atoms with Gasteiger partial charge >= 0.3 is 0 Å². The van der Waals surface area contributed by atoms with E-state index in [0.717, 1.165) is 18.7 Å². The molecule has 3 aromatic carbocycles. The summed E-state index contributed by atoms with van der Waals surface area (Å²) in [5, 5.41) is 26.2. The molecule has 4 N–H and O–H groups in total. The van der Waals surface area contributed by atoms with E-state index >= 15 is 0 Å². The van der Waals surface area contributed by atoms with Crippen molar-refractivity contribution in [2.24, 2.45) is 10.3 Å². The predicted molar refractivity (Wildman–Crippen MR) is 133 cm³/mol. The largest absolute Gasteiger partial charge is 0.507 e. The van der Waals surface area contributed by atoms with Crippen LogP contribution in [0.1, 0.15) is 31.4 Å². The van der Waals surface area contributed by atoms with Crippen LogP contribution in [0.2, 0.25) is 0 Å². The molecule has 0 aromatic heterocycles. The molecule has 0 saturated carbocycles. The van der Waals surface area contributed by atoms with Gasteiger partial charge in [0.1, 0.15) is 22.0 Å². The van der Waals surface area contributed by atoms with Crippen LogP contribution in [0.3, 0.4) is 0 Å². The minimum atomic E-state index is -4.27. The SMILES string of the molecule is CC(C)CCc1c(O)c(C2=NS(=O)(=O)c3cc(NS(C)(=O)=O)ccc3N2)c(O)c2ccccc12. The van der Waals surface area contributed by atoms with Gasteiger partial charge in [-0.25, -0.2) is 8.42 Å². The first-order valence-corrected chi connectivity index (χ1v) is 13.9. The first-order chi connectivity index (χ1) is 15.9. The Labute approximate surface area is 198 Å². The number of phenolic OH excluding ortho intramolecular Hbond substituents is 2. The van der Waals surface area contributed by atoms with Crippen LogP contribution in [-0.2, 0) is 26.5 Å². The molecule has 0 atom stereocenters. The van der Waals surface area contributed by atoms with Gasteiger partial charge < -0.3 is 15.5 Å². The topological polar surface area (TPSA) is 145 Å². The molecule has 0 spiro atoms. The van der Waals surface area contributed by atoms with E-state index < -0.39 is 20.0 Å². The van der Waals surface area contributed by atoms with Gasteiger partial charge in [0, 0.05) is 16.6 Å². The van der Waals surface area contributed by atoms with Crippen LogP contribution in [0.15, 0.2) is 51.8 Å². The second-order valence-corrected chi connectivity index (χ2v) is 12.0. The van der Waals surface area contributed by atoms with Crippen LogP contribution in [0.4, 0.5) is 11.4 Å². The lowest BCUT2D eigenvalue weighted by Crippen LogP contribution is -2.23. The van der Waals surface area contributed by atoms with E-state index in [2.05, 4.69) is 28.3 Å². The van der Waals surface area contributed by atoms with Crippen LogP contribution in [0.25, 0.3) is 10.8 Å². The number of phenols is 2. The number of sulfonamides is 2. The highest BCUT2D eigenvalue weighted by molar-refractivity contribution is 7.92. The molecule has 1 aliphatic heterocycles. The van der Waals surface area contributed by atoms with Crippen molar-refractivity contribution in [3.8, 4) is 11.5 Å². The zero-order valence-corrected chi connectivity index (χ0v) is 20.5. The third kappa shape index (κ3) is 4.53. The first kappa shape index (κ1) is 23.8. The number of aromatic hydroxyl groups is 2. The number of hydrogen-bond donors (Lipinski definition) is 4. The predicted octanol–water partition coefficient (Wildman–Crippen LogP) is 3.77. The zero-order chi connectivity index (χ0) is 24.8. The molecule has 0 aliphatic carbocycles.